The van der Waals surface area contributed by atoms with Crippen LogP contribution in [0.25, 0.3) is 0 Å². The van der Waals surface area contributed by atoms with Crippen molar-refractivity contribution in [3.63, 3.8) is 0 Å². The zero-order valence-corrected chi connectivity index (χ0v) is 23.6. The standard InChI is InChI=1S/C31H37ClN4O2/c1-30(2,3)21-10-12-24(20(16-21)17-22-14-15-33-19-31(22,4)5)28(37)35-26-9-7-6-8-25(26)29(38)36-27-13-11-23(32)18-34-27/h6-13,16,18,22,33H,14-15,17,19H2,1-5H3,(H,35,37)(H,34,36,38)/t22-/m0/s1. The number of halogens is 1. The Kier molecular flexibility index (Phi) is 8.24. The first kappa shape index (κ1) is 27.8. The number of hydrogen-bond donors (Lipinski definition) is 3. The van der Waals surface area contributed by atoms with Crippen molar-refractivity contribution in [1.29, 1.82) is 0 Å². The number of anilines is 2. The Labute approximate surface area is 230 Å². The lowest BCUT2D eigenvalue weighted by molar-refractivity contribution is 0.102. The van der Waals surface area contributed by atoms with E-state index in [2.05, 4.69) is 61.6 Å². The summed E-state index contributed by atoms with van der Waals surface area (Å²) in [5.74, 6) is 0.244. The minimum Gasteiger partial charge on any atom is -0.321 e. The van der Waals surface area contributed by atoms with E-state index in [0.717, 1.165) is 31.5 Å². The van der Waals surface area contributed by atoms with Crippen LogP contribution >= 0.6 is 11.6 Å². The van der Waals surface area contributed by atoms with Gasteiger partial charge < -0.3 is 16.0 Å². The fraction of sp³-hybridized carbons (Fsp3) is 0.387. The summed E-state index contributed by atoms with van der Waals surface area (Å²) in [5.41, 5.74) is 3.77. The molecule has 3 aromatic rings. The number of nitrogens with zero attached hydrogens (tertiary/aromatic N) is 1. The van der Waals surface area contributed by atoms with E-state index in [0.29, 0.717) is 33.6 Å². The molecule has 1 fully saturated rings. The van der Waals surface area contributed by atoms with Crippen molar-refractivity contribution in [3.05, 3.63) is 88.1 Å². The molecule has 0 saturated carbocycles. The lowest BCUT2D eigenvalue weighted by Gasteiger charge is -2.39. The number of aromatic nitrogens is 1. The summed E-state index contributed by atoms with van der Waals surface area (Å²) >= 11 is 5.90. The highest BCUT2D eigenvalue weighted by atomic mass is 35.5. The summed E-state index contributed by atoms with van der Waals surface area (Å²) in [7, 11) is 0. The van der Waals surface area contributed by atoms with Gasteiger partial charge in [-0.3, -0.25) is 9.59 Å². The van der Waals surface area contributed by atoms with Gasteiger partial charge in [-0.1, -0.05) is 70.5 Å². The number of hydrogen-bond acceptors (Lipinski definition) is 4. The number of benzene rings is 2. The Balaban J connectivity index is 1.62. The molecule has 1 atom stereocenters. The Hall–Kier alpha value is -3.22. The minimum absolute atomic E-state index is 0.0339. The fourth-order valence-corrected chi connectivity index (χ4v) is 5.04. The van der Waals surface area contributed by atoms with Crippen LogP contribution in [0.1, 0.15) is 72.9 Å². The van der Waals surface area contributed by atoms with Gasteiger partial charge in [-0.25, -0.2) is 4.98 Å². The van der Waals surface area contributed by atoms with E-state index >= 15 is 0 Å². The first-order chi connectivity index (χ1) is 17.9. The monoisotopic (exact) mass is 532 g/mol. The molecule has 0 spiro atoms. The topological polar surface area (TPSA) is 83.1 Å². The molecule has 1 aliphatic heterocycles. The smallest absolute Gasteiger partial charge is 0.258 e. The van der Waals surface area contributed by atoms with Gasteiger partial charge in [-0.2, -0.15) is 0 Å². The second-order valence-corrected chi connectivity index (χ2v) is 12.2. The maximum Gasteiger partial charge on any atom is 0.258 e. The summed E-state index contributed by atoms with van der Waals surface area (Å²) in [5, 5.41) is 9.77. The van der Waals surface area contributed by atoms with Crippen LogP contribution in [0.3, 0.4) is 0 Å². The maximum absolute atomic E-state index is 13.7. The van der Waals surface area contributed by atoms with Gasteiger partial charge in [0.25, 0.3) is 11.8 Å². The molecule has 1 aliphatic rings. The SMILES string of the molecule is CC(C)(C)c1ccc(C(=O)Nc2ccccc2C(=O)Nc2ccc(Cl)cn2)c(C[C@@H]2CCNCC2(C)C)c1. The Bertz CT molecular complexity index is 1310. The quantitative estimate of drug-likeness (QED) is 0.329. The molecule has 0 bridgehead atoms. The van der Waals surface area contributed by atoms with Crippen LogP contribution in [0.5, 0.6) is 0 Å². The van der Waals surface area contributed by atoms with Gasteiger partial charge in [0.1, 0.15) is 5.82 Å². The molecule has 38 heavy (non-hydrogen) atoms. The fourth-order valence-electron chi connectivity index (χ4n) is 4.93. The predicted octanol–water partition coefficient (Wildman–Crippen LogP) is 6.72. The number of nitrogens with one attached hydrogen (secondary N) is 3. The lowest BCUT2D eigenvalue weighted by atomic mass is 9.71. The van der Waals surface area contributed by atoms with E-state index in [4.69, 9.17) is 11.6 Å². The summed E-state index contributed by atoms with van der Waals surface area (Å²) in [6.07, 6.45) is 3.36. The average molecular weight is 533 g/mol. The Morgan fingerprint density at radius 2 is 1.76 bits per heavy atom. The molecule has 200 valence electrons. The number of pyridine rings is 1. The van der Waals surface area contributed by atoms with Crippen molar-refractivity contribution >= 4 is 34.9 Å². The number of carbonyl (C=O) groups is 2. The van der Waals surface area contributed by atoms with Gasteiger partial charge in [0, 0.05) is 18.3 Å². The molecule has 4 rings (SSSR count). The first-order valence-corrected chi connectivity index (χ1v) is 13.5. The molecule has 1 aromatic heterocycles. The van der Waals surface area contributed by atoms with Crippen LogP contribution in [0.2, 0.25) is 5.02 Å². The van der Waals surface area contributed by atoms with Gasteiger partial charge in [0.15, 0.2) is 0 Å². The van der Waals surface area contributed by atoms with Gasteiger partial charge >= 0.3 is 0 Å². The highest BCUT2D eigenvalue weighted by molar-refractivity contribution is 6.30. The number of amides is 2. The van der Waals surface area contributed by atoms with Crippen molar-refractivity contribution in [2.45, 2.75) is 52.9 Å². The first-order valence-electron chi connectivity index (χ1n) is 13.1. The summed E-state index contributed by atoms with van der Waals surface area (Å²) in [6, 6.07) is 16.4. The molecule has 0 unspecified atom stereocenters. The predicted molar refractivity (Wildman–Crippen MR) is 155 cm³/mol. The van der Waals surface area contributed by atoms with Crippen LogP contribution in [-0.2, 0) is 11.8 Å². The minimum atomic E-state index is -0.365. The third-order valence-electron chi connectivity index (χ3n) is 7.43. The number of piperidine rings is 1. The highest BCUT2D eigenvalue weighted by Crippen LogP contribution is 2.36. The van der Waals surface area contributed by atoms with Crippen LogP contribution in [-0.4, -0.2) is 29.9 Å². The van der Waals surface area contributed by atoms with Gasteiger partial charge in [-0.05, 0) is 77.6 Å². The van der Waals surface area contributed by atoms with Gasteiger partial charge in [0.2, 0.25) is 0 Å². The van der Waals surface area contributed by atoms with Crippen LogP contribution in [0.4, 0.5) is 11.5 Å². The molecule has 2 amide bonds. The number of para-hydroxylation sites is 1. The van der Waals surface area contributed by atoms with Crippen molar-refractivity contribution in [2.24, 2.45) is 11.3 Å². The third kappa shape index (κ3) is 6.61. The Morgan fingerprint density at radius 1 is 1.03 bits per heavy atom. The van der Waals surface area contributed by atoms with E-state index in [-0.39, 0.29) is 22.6 Å². The average Bonchev–Trinajstić information content (AvgIpc) is 2.86. The molecule has 2 heterocycles. The highest BCUT2D eigenvalue weighted by Gasteiger charge is 2.33. The van der Waals surface area contributed by atoms with E-state index in [1.165, 1.54) is 11.8 Å². The normalized spacial score (nSPS) is 17.1. The molecule has 1 saturated heterocycles. The molecule has 6 nitrogen and oxygen atoms in total. The molecular weight excluding hydrogens is 496 g/mol. The number of carbonyl (C=O) groups excluding carboxylic acids is 2. The summed E-state index contributed by atoms with van der Waals surface area (Å²) < 4.78 is 0. The van der Waals surface area contributed by atoms with E-state index in [9.17, 15) is 9.59 Å². The van der Waals surface area contributed by atoms with E-state index in [1.54, 1.807) is 36.4 Å². The summed E-state index contributed by atoms with van der Waals surface area (Å²) in [6.45, 7) is 13.1. The Morgan fingerprint density at radius 3 is 2.45 bits per heavy atom. The van der Waals surface area contributed by atoms with Crippen LogP contribution in [0, 0.1) is 11.3 Å². The molecule has 3 N–H and O–H groups in total. The number of rotatable bonds is 6. The zero-order chi connectivity index (χ0) is 27.5. The van der Waals surface area contributed by atoms with Crippen molar-refractivity contribution in [2.75, 3.05) is 23.7 Å². The third-order valence-corrected chi connectivity index (χ3v) is 7.65. The zero-order valence-electron chi connectivity index (χ0n) is 22.8. The maximum atomic E-state index is 13.7. The van der Waals surface area contributed by atoms with E-state index in [1.807, 2.05) is 12.1 Å². The molecule has 7 heteroatoms. The second kappa shape index (κ2) is 11.3. The van der Waals surface area contributed by atoms with Crippen LogP contribution in [0.15, 0.2) is 60.8 Å². The van der Waals surface area contributed by atoms with Gasteiger partial charge in [0.05, 0.1) is 16.3 Å². The van der Waals surface area contributed by atoms with Crippen molar-refractivity contribution in [3.8, 4) is 0 Å². The van der Waals surface area contributed by atoms with Crippen molar-refractivity contribution in [1.82, 2.24) is 10.3 Å². The lowest BCUT2D eigenvalue weighted by Crippen LogP contribution is -2.43. The molecule has 0 radical (unpaired) electrons. The van der Waals surface area contributed by atoms with Crippen LogP contribution < -0.4 is 16.0 Å². The molecule has 0 aliphatic carbocycles. The summed E-state index contributed by atoms with van der Waals surface area (Å²) in [4.78, 5) is 30.9. The molecule has 2 aromatic carbocycles. The largest absolute Gasteiger partial charge is 0.321 e. The second-order valence-electron chi connectivity index (χ2n) is 11.8. The van der Waals surface area contributed by atoms with Crippen molar-refractivity contribution < 1.29 is 9.59 Å². The van der Waals surface area contributed by atoms with E-state index < -0.39 is 0 Å². The van der Waals surface area contributed by atoms with Gasteiger partial charge in [-0.15, -0.1) is 0 Å². The molecular formula is C31H37ClN4O2.